The number of carbonyl (C=O) groups is 1. The molecule has 6 heteroatoms. The fourth-order valence-corrected chi connectivity index (χ4v) is 1.59. The molecule has 0 aliphatic heterocycles. The molecule has 2 amide bonds. The van der Waals surface area contributed by atoms with Crippen molar-refractivity contribution in [1.82, 2.24) is 5.32 Å². The zero-order chi connectivity index (χ0) is 14.4. The maximum absolute atomic E-state index is 12.9. The van der Waals surface area contributed by atoms with Gasteiger partial charge in [0.15, 0.2) is 11.6 Å². The molecule has 0 radical (unpaired) electrons. The Kier molecular flexibility index (Phi) is 5.69. The van der Waals surface area contributed by atoms with E-state index in [1.165, 1.54) is 6.07 Å². The molecule has 0 aliphatic rings. The van der Waals surface area contributed by atoms with Gasteiger partial charge in [0.25, 0.3) is 0 Å². The Morgan fingerprint density at radius 2 is 2.00 bits per heavy atom. The molecule has 0 saturated carbocycles. The zero-order valence-corrected chi connectivity index (χ0v) is 10.9. The van der Waals surface area contributed by atoms with Crippen molar-refractivity contribution in [2.75, 3.05) is 11.9 Å². The number of aliphatic hydroxyl groups excluding tert-OH is 1. The normalized spacial score (nSPS) is 12.3. The van der Waals surface area contributed by atoms with Crippen molar-refractivity contribution in [1.29, 1.82) is 0 Å². The number of anilines is 1. The van der Waals surface area contributed by atoms with Gasteiger partial charge in [0.1, 0.15) is 0 Å². The van der Waals surface area contributed by atoms with E-state index in [4.69, 9.17) is 0 Å². The van der Waals surface area contributed by atoms with Crippen molar-refractivity contribution in [2.24, 2.45) is 5.92 Å². The average Bonchev–Trinajstić information content (AvgIpc) is 2.30. The number of hydrogen-bond donors (Lipinski definition) is 3. The van der Waals surface area contributed by atoms with Crippen molar-refractivity contribution in [3.8, 4) is 0 Å². The second-order valence-corrected chi connectivity index (χ2v) is 4.75. The Balaban J connectivity index is 2.40. The lowest BCUT2D eigenvalue weighted by Crippen LogP contribution is -2.35. The summed E-state index contributed by atoms with van der Waals surface area (Å²) in [6, 6.07) is 2.49. The van der Waals surface area contributed by atoms with Gasteiger partial charge in [-0.25, -0.2) is 13.6 Å². The molecule has 1 aromatic carbocycles. The fraction of sp³-hybridized carbons (Fsp3) is 0.462. The fourth-order valence-electron chi connectivity index (χ4n) is 1.59. The molecule has 3 N–H and O–H groups in total. The summed E-state index contributed by atoms with van der Waals surface area (Å²) in [5.74, 6) is -1.68. The van der Waals surface area contributed by atoms with Crippen molar-refractivity contribution >= 4 is 11.7 Å². The predicted octanol–water partition coefficient (Wildman–Crippen LogP) is 2.49. The highest BCUT2D eigenvalue weighted by Crippen LogP contribution is 2.12. The van der Waals surface area contributed by atoms with Gasteiger partial charge in [-0.1, -0.05) is 13.8 Å². The molecule has 0 spiro atoms. The van der Waals surface area contributed by atoms with Gasteiger partial charge in [-0.05, 0) is 24.5 Å². The van der Waals surface area contributed by atoms with Gasteiger partial charge in [0, 0.05) is 18.3 Å². The second-order valence-electron chi connectivity index (χ2n) is 4.75. The number of urea groups is 1. The van der Waals surface area contributed by atoms with Gasteiger partial charge in [-0.15, -0.1) is 0 Å². The van der Waals surface area contributed by atoms with E-state index in [1.54, 1.807) is 0 Å². The third-order valence-electron chi connectivity index (χ3n) is 2.42. The summed E-state index contributed by atoms with van der Waals surface area (Å²) < 4.78 is 25.6. The molecule has 1 unspecified atom stereocenters. The number of benzene rings is 1. The maximum atomic E-state index is 12.9. The number of hydrogen-bond acceptors (Lipinski definition) is 2. The van der Waals surface area contributed by atoms with Crippen LogP contribution in [-0.4, -0.2) is 23.8 Å². The van der Waals surface area contributed by atoms with Crippen LogP contribution in [0, 0.1) is 17.6 Å². The molecular formula is C13H18F2N2O2. The maximum Gasteiger partial charge on any atom is 0.319 e. The number of aliphatic hydroxyl groups is 1. The van der Waals surface area contributed by atoms with Crippen molar-refractivity contribution in [3.05, 3.63) is 29.8 Å². The number of rotatable bonds is 5. The third-order valence-corrected chi connectivity index (χ3v) is 2.42. The van der Waals surface area contributed by atoms with E-state index < -0.39 is 23.8 Å². The summed E-state index contributed by atoms with van der Waals surface area (Å²) in [7, 11) is 0. The Bertz CT molecular complexity index is 439. The lowest BCUT2D eigenvalue weighted by atomic mass is 10.1. The highest BCUT2D eigenvalue weighted by atomic mass is 19.2. The smallest absolute Gasteiger partial charge is 0.319 e. The first kappa shape index (κ1) is 15.4. The molecule has 0 fully saturated rings. The van der Waals surface area contributed by atoms with Gasteiger partial charge < -0.3 is 15.7 Å². The molecule has 0 bridgehead atoms. The van der Waals surface area contributed by atoms with Crippen LogP contribution in [0.4, 0.5) is 19.3 Å². The topological polar surface area (TPSA) is 61.4 Å². The molecule has 1 aromatic rings. The molecule has 0 aromatic heterocycles. The van der Waals surface area contributed by atoms with Crippen LogP contribution >= 0.6 is 0 Å². The first-order valence-electron chi connectivity index (χ1n) is 6.06. The SMILES string of the molecule is CC(C)CC(O)CNC(=O)Nc1ccc(F)c(F)c1. The van der Waals surface area contributed by atoms with Crippen molar-refractivity contribution in [2.45, 2.75) is 26.4 Å². The number of nitrogens with one attached hydrogen (secondary N) is 2. The molecule has 1 rings (SSSR count). The lowest BCUT2D eigenvalue weighted by Gasteiger charge is -2.14. The first-order chi connectivity index (χ1) is 8.88. The van der Waals surface area contributed by atoms with E-state index >= 15 is 0 Å². The Morgan fingerprint density at radius 3 is 2.58 bits per heavy atom. The largest absolute Gasteiger partial charge is 0.391 e. The Hall–Kier alpha value is -1.69. The van der Waals surface area contributed by atoms with Crippen LogP contribution < -0.4 is 10.6 Å². The van der Waals surface area contributed by atoms with Crippen molar-refractivity contribution in [3.63, 3.8) is 0 Å². The highest BCUT2D eigenvalue weighted by molar-refractivity contribution is 5.89. The number of halogens is 2. The number of carbonyl (C=O) groups excluding carboxylic acids is 1. The van der Waals surface area contributed by atoms with Crippen LogP contribution in [0.2, 0.25) is 0 Å². The number of amides is 2. The monoisotopic (exact) mass is 272 g/mol. The molecule has 4 nitrogen and oxygen atoms in total. The Labute approximate surface area is 110 Å². The van der Waals surface area contributed by atoms with Crippen LogP contribution in [0.15, 0.2) is 18.2 Å². The van der Waals surface area contributed by atoms with Crippen LogP contribution in [0.25, 0.3) is 0 Å². The lowest BCUT2D eigenvalue weighted by molar-refractivity contribution is 0.148. The quantitative estimate of drug-likeness (QED) is 0.771. The van der Waals surface area contributed by atoms with Gasteiger partial charge in [0.05, 0.1) is 6.10 Å². The second kappa shape index (κ2) is 7.04. The molecule has 0 saturated heterocycles. The van der Waals surface area contributed by atoms with Crippen molar-refractivity contribution < 1.29 is 18.7 Å². The van der Waals surface area contributed by atoms with Gasteiger partial charge >= 0.3 is 6.03 Å². The molecule has 106 valence electrons. The van der Waals surface area contributed by atoms with E-state index in [0.29, 0.717) is 12.3 Å². The summed E-state index contributed by atoms with van der Waals surface area (Å²) in [5, 5.41) is 14.4. The summed E-state index contributed by atoms with van der Waals surface area (Å²) in [6.07, 6.45) is -0.0541. The van der Waals surface area contributed by atoms with E-state index in [2.05, 4.69) is 10.6 Å². The minimum absolute atomic E-state index is 0.105. The average molecular weight is 272 g/mol. The van der Waals surface area contributed by atoms with Gasteiger partial charge in [0.2, 0.25) is 0 Å². The molecular weight excluding hydrogens is 254 g/mol. The van der Waals surface area contributed by atoms with E-state index in [9.17, 15) is 18.7 Å². The Morgan fingerprint density at radius 1 is 1.32 bits per heavy atom. The zero-order valence-electron chi connectivity index (χ0n) is 10.9. The van der Waals surface area contributed by atoms with Gasteiger partial charge in [-0.3, -0.25) is 0 Å². The van der Waals surface area contributed by atoms with E-state index in [-0.39, 0.29) is 12.2 Å². The summed E-state index contributed by atoms with van der Waals surface area (Å²) in [4.78, 5) is 11.4. The molecule has 1 atom stereocenters. The van der Waals surface area contributed by atoms with Crippen LogP contribution in [-0.2, 0) is 0 Å². The molecule has 0 aliphatic carbocycles. The standard InChI is InChI=1S/C13H18F2N2O2/c1-8(2)5-10(18)7-16-13(19)17-9-3-4-11(14)12(15)6-9/h3-4,6,8,10,18H,5,7H2,1-2H3,(H2,16,17,19). The summed E-state index contributed by atoms with van der Waals surface area (Å²) in [5.41, 5.74) is 0.148. The molecule has 0 heterocycles. The van der Waals surface area contributed by atoms with Crippen LogP contribution in [0.3, 0.4) is 0 Å². The molecule has 19 heavy (non-hydrogen) atoms. The van der Waals surface area contributed by atoms with Crippen LogP contribution in [0.1, 0.15) is 20.3 Å². The first-order valence-corrected chi connectivity index (χ1v) is 6.06. The minimum atomic E-state index is -1.03. The van der Waals surface area contributed by atoms with E-state index in [0.717, 1.165) is 12.1 Å². The third kappa shape index (κ3) is 5.65. The summed E-state index contributed by atoms with van der Waals surface area (Å²) in [6.45, 7) is 4.03. The van der Waals surface area contributed by atoms with E-state index in [1.807, 2.05) is 13.8 Å². The minimum Gasteiger partial charge on any atom is -0.391 e. The van der Waals surface area contributed by atoms with Crippen LogP contribution in [0.5, 0.6) is 0 Å². The van der Waals surface area contributed by atoms with Gasteiger partial charge in [-0.2, -0.15) is 0 Å². The predicted molar refractivity (Wildman–Crippen MR) is 68.8 cm³/mol. The highest BCUT2D eigenvalue weighted by Gasteiger charge is 2.10. The summed E-state index contributed by atoms with van der Waals surface area (Å²) >= 11 is 0.